The van der Waals surface area contributed by atoms with Crippen LogP contribution in [0.1, 0.15) is 11.5 Å². The van der Waals surface area contributed by atoms with E-state index in [1.807, 2.05) is 40.2 Å². The van der Waals surface area contributed by atoms with Crippen molar-refractivity contribution >= 4 is 56.1 Å². The number of hydrazone groups is 1. The normalized spacial score (nSPS) is 17.0. The Hall–Kier alpha value is -3.96. The lowest BCUT2D eigenvalue weighted by molar-refractivity contribution is -0.114. The Labute approximate surface area is 195 Å². The molecule has 1 aromatic carbocycles. The summed E-state index contributed by atoms with van der Waals surface area (Å²) in [4.78, 5) is 22.6. The van der Waals surface area contributed by atoms with Crippen LogP contribution >= 0.6 is 23.1 Å². The SMILES string of the molecule is COc1ccc(-c2nc3sccn3c2/C=C2/C(=N)N3N=C(c4ccco4)SC3=NC2=O)cc1. The Balaban J connectivity index is 1.44. The van der Waals surface area contributed by atoms with Crippen LogP contribution in [0.4, 0.5) is 0 Å². The zero-order valence-corrected chi connectivity index (χ0v) is 18.7. The predicted octanol–water partition coefficient (Wildman–Crippen LogP) is 4.33. The van der Waals surface area contributed by atoms with Crippen molar-refractivity contribution in [2.75, 3.05) is 7.11 Å². The van der Waals surface area contributed by atoms with Crippen molar-refractivity contribution in [1.29, 1.82) is 5.41 Å². The smallest absolute Gasteiger partial charge is 0.283 e. The molecule has 0 atom stereocenters. The molecular weight excluding hydrogens is 460 g/mol. The largest absolute Gasteiger partial charge is 0.497 e. The first-order chi connectivity index (χ1) is 16.1. The van der Waals surface area contributed by atoms with E-state index in [0.29, 0.717) is 27.4 Å². The minimum atomic E-state index is -0.500. The van der Waals surface area contributed by atoms with Gasteiger partial charge in [0.15, 0.2) is 21.6 Å². The lowest BCUT2D eigenvalue weighted by Gasteiger charge is -2.20. The third kappa shape index (κ3) is 3.20. The average Bonchev–Trinajstić information content (AvgIpc) is 3.61. The van der Waals surface area contributed by atoms with Crippen LogP contribution < -0.4 is 4.74 Å². The van der Waals surface area contributed by atoms with Crippen molar-refractivity contribution in [3.05, 3.63) is 71.3 Å². The number of methoxy groups -OCH3 is 1. The molecule has 0 saturated carbocycles. The first kappa shape index (κ1) is 19.7. The van der Waals surface area contributed by atoms with E-state index in [0.717, 1.165) is 16.3 Å². The number of aromatic nitrogens is 2. The minimum Gasteiger partial charge on any atom is -0.497 e. The number of thiazole rings is 1. The van der Waals surface area contributed by atoms with E-state index in [9.17, 15) is 4.79 Å². The lowest BCUT2D eigenvalue weighted by Crippen LogP contribution is -2.35. The Bertz CT molecular complexity index is 1510. The van der Waals surface area contributed by atoms with E-state index in [2.05, 4.69) is 10.1 Å². The third-order valence-corrected chi connectivity index (χ3v) is 6.81. The second-order valence-corrected chi connectivity index (χ2v) is 8.86. The molecule has 4 aromatic rings. The van der Waals surface area contributed by atoms with Crippen molar-refractivity contribution < 1.29 is 13.9 Å². The standard InChI is InChI=1S/C22H14N6O3S2/c1-30-13-6-4-12(5-7-13)17-15(27-8-10-32-21(27)24-17)11-14-18(23)28-22(25-19(14)29)33-20(26-28)16-3-2-9-31-16/h2-11,23H,1H3/b14-11-,23-18?. The number of ether oxygens (including phenoxy) is 1. The number of thioether (sulfide) groups is 1. The van der Waals surface area contributed by atoms with Crippen LogP contribution in [0.15, 0.2) is 74.3 Å². The van der Waals surface area contributed by atoms with E-state index in [1.54, 1.807) is 31.6 Å². The first-order valence-corrected chi connectivity index (χ1v) is 11.5. The van der Waals surface area contributed by atoms with Gasteiger partial charge in [-0.15, -0.1) is 11.3 Å². The van der Waals surface area contributed by atoms with E-state index in [-0.39, 0.29) is 11.4 Å². The van der Waals surface area contributed by atoms with E-state index >= 15 is 0 Å². The molecule has 0 unspecified atom stereocenters. The fraction of sp³-hybridized carbons (Fsp3) is 0.0455. The number of amides is 1. The summed E-state index contributed by atoms with van der Waals surface area (Å²) in [6.45, 7) is 0. The van der Waals surface area contributed by atoms with Gasteiger partial charge in [0.25, 0.3) is 5.91 Å². The van der Waals surface area contributed by atoms with Crippen LogP contribution in [0.25, 0.3) is 22.3 Å². The zero-order chi connectivity index (χ0) is 22.5. The molecule has 0 radical (unpaired) electrons. The summed E-state index contributed by atoms with van der Waals surface area (Å²) in [5, 5.41) is 17.3. The summed E-state index contributed by atoms with van der Waals surface area (Å²) in [7, 11) is 1.61. The molecule has 6 rings (SSSR count). The molecular formula is C22H14N6O3S2. The summed E-state index contributed by atoms with van der Waals surface area (Å²) in [5.74, 6) is 0.744. The molecule has 0 saturated heterocycles. The number of nitrogens with one attached hydrogen (secondary N) is 1. The summed E-state index contributed by atoms with van der Waals surface area (Å²) < 4.78 is 12.5. The van der Waals surface area contributed by atoms with Crippen LogP contribution in [0.2, 0.25) is 0 Å². The number of rotatable bonds is 4. The molecule has 9 nitrogen and oxygen atoms in total. The highest BCUT2D eigenvalue weighted by atomic mass is 32.2. The van der Waals surface area contributed by atoms with E-state index in [1.165, 1.54) is 28.1 Å². The maximum Gasteiger partial charge on any atom is 0.283 e. The quantitative estimate of drug-likeness (QED) is 0.441. The Morgan fingerprint density at radius 3 is 2.82 bits per heavy atom. The number of hydrogen-bond acceptors (Lipinski definition) is 8. The van der Waals surface area contributed by atoms with Gasteiger partial charge in [0.1, 0.15) is 5.75 Å². The summed E-state index contributed by atoms with van der Waals surface area (Å²) >= 11 is 2.68. The number of benzene rings is 1. The molecule has 0 bridgehead atoms. The molecule has 5 heterocycles. The van der Waals surface area contributed by atoms with Gasteiger partial charge >= 0.3 is 0 Å². The van der Waals surface area contributed by atoms with Crippen molar-refractivity contribution in [2.24, 2.45) is 10.1 Å². The number of nitrogens with zero attached hydrogens (tertiary/aromatic N) is 5. The molecule has 3 aromatic heterocycles. The molecule has 2 aliphatic rings. The second-order valence-electron chi connectivity index (χ2n) is 7.03. The molecule has 162 valence electrons. The predicted molar refractivity (Wildman–Crippen MR) is 128 cm³/mol. The van der Waals surface area contributed by atoms with Crippen molar-refractivity contribution in [3.63, 3.8) is 0 Å². The van der Waals surface area contributed by atoms with Gasteiger partial charge in [-0.1, -0.05) is 0 Å². The summed E-state index contributed by atoms with van der Waals surface area (Å²) in [6.07, 6.45) is 5.09. The van der Waals surface area contributed by atoms with Crippen LogP contribution in [0.3, 0.4) is 0 Å². The van der Waals surface area contributed by atoms with Gasteiger partial charge in [-0.05, 0) is 54.2 Å². The van der Waals surface area contributed by atoms with Gasteiger partial charge in [0.05, 0.1) is 30.3 Å². The first-order valence-electron chi connectivity index (χ1n) is 9.76. The van der Waals surface area contributed by atoms with Crippen LogP contribution in [-0.4, -0.2) is 43.5 Å². The van der Waals surface area contributed by atoms with Gasteiger partial charge in [-0.2, -0.15) is 15.1 Å². The number of carbonyl (C=O) groups excluding carboxylic acids is 1. The van der Waals surface area contributed by atoms with Crippen LogP contribution in [-0.2, 0) is 4.79 Å². The fourth-order valence-corrected chi connectivity index (χ4v) is 5.11. The highest BCUT2D eigenvalue weighted by Crippen LogP contribution is 2.33. The minimum absolute atomic E-state index is 0.0510. The number of imidazole rings is 1. The van der Waals surface area contributed by atoms with Gasteiger partial charge in [0.2, 0.25) is 5.17 Å². The van der Waals surface area contributed by atoms with Crippen LogP contribution in [0.5, 0.6) is 5.75 Å². The maximum absolute atomic E-state index is 12.9. The number of aliphatic imine (C=N–C) groups is 1. The molecule has 33 heavy (non-hydrogen) atoms. The van der Waals surface area contributed by atoms with Crippen molar-refractivity contribution in [1.82, 2.24) is 14.4 Å². The molecule has 11 heteroatoms. The molecule has 1 N–H and O–H groups in total. The summed E-state index contributed by atoms with van der Waals surface area (Å²) in [5.41, 5.74) is 2.38. The Morgan fingerprint density at radius 2 is 2.06 bits per heavy atom. The lowest BCUT2D eigenvalue weighted by atomic mass is 10.1. The fourth-order valence-electron chi connectivity index (χ4n) is 3.53. The van der Waals surface area contributed by atoms with Gasteiger partial charge in [-0.3, -0.25) is 14.6 Å². The second kappa shape index (κ2) is 7.57. The number of furan rings is 1. The Kier molecular flexibility index (Phi) is 4.52. The molecule has 1 amide bonds. The maximum atomic E-state index is 12.9. The van der Waals surface area contributed by atoms with Crippen molar-refractivity contribution in [2.45, 2.75) is 0 Å². The van der Waals surface area contributed by atoms with E-state index < -0.39 is 5.91 Å². The van der Waals surface area contributed by atoms with Crippen molar-refractivity contribution in [3.8, 4) is 17.0 Å². The van der Waals surface area contributed by atoms with E-state index in [4.69, 9.17) is 19.5 Å². The number of carbonyl (C=O) groups is 1. The monoisotopic (exact) mass is 474 g/mol. The topological polar surface area (TPSA) is 109 Å². The zero-order valence-electron chi connectivity index (χ0n) is 17.1. The molecule has 0 fully saturated rings. The molecule has 0 aliphatic carbocycles. The highest BCUT2D eigenvalue weighted by molar-refractivity contribution is 8.27. The number of fused-ring (bicyclic) bond motifs is 2. The average molecular weight is 475 g/mol. The third-order valence-electron chi connectivity index (χ3n) is 5.13. The highest BCUT2D eigenvalue weighted by Gasteiger charge is 2.37. The molecule has 0 spiro atoms. The van der Waals surface area contributed by atoms with Gasteiger partial charge < -0.3 is 9.15 Å². The molecule has 2 aliphatic heterocycles. The number of hydrogen-bond donors (Lipinski definition) is 1. The number of amidine groups is 2. The summed E-state index contributed by atoms with van der Waals surface area (Å²) in [6, 6.07) is 11.1. The van der Waals surface area contributed by atoms with Gasteiger partial charge in [0, 0.05) is 17.1 Å². The van der Waals surface area contributed by atoms with Crippen LogP contribution in [0, 0.1) is 5.41 Å². The van der Waals surface area contributed by atoms with Gasteiger partial charge in [-0.25, -0.2) is 4.98 Å². The Morgan fingerprint density at radius 1 is 1.21 bits per heavy atom.